The minimum atomic E-state index is -1.00. The van der Waals surface area contributed by atoms with E-state index < -0.39 is 5.97 Å². The third kappa shape index (κ3) is 2.11. The van der Waals surface area contributed by atoms with E-state index in [-0.39, 0.29) is 5.82 Å². The van der Waals surface area contributed by atoms with E-state index >= 15 is 0 Å². The van der Waals surface area contributed by atoms with Gasteiger partial charge in [-0.2, -0.15) is 0 Å². The van der Waals surface area contributed by atoms with Gasteiger partial charge < -0.3 is 9.67 Å². The molecule has 82 valence electrons. The Hall–Kier alpha value is -2.10. The van der Waals surface area contributed by atoms with Crippen molar-refractivity contribution in [3.8, 4) is 0 Å². The zero-order valence-electron chi connectivity index (χ0n) is 8.92. The van der Waals surface area contributed by atoms with Crippen LogP contribution in [0.4, 0.5) is 0 Å². The lowest BCUT2D eigenvalue weighted by Gasteiger charge is -2.05. The number of nitrogens with zero attached hydrogens (tertiary/aromatic N) is 2. The van der Waals surface area contributed by atoms with Gasteiger partial charge in [0.2, 0.25) is 5.82 Å². The lowest BCUT2D eigenvalue weighted by molar-refractivity contribution is 0.0679. The van der Waals surface area contributed by atoms with Crippen LogP contribution in [0.15, 0.2) is 36.7 Å². The summed E-state index contributed by atoms with van der Waals surface area (Å²) in [6, 6.07) is 7.99. The number of imidazole rings is 1. The fourth-order valence-electron chi connectivity index (χ4n) is 1.53. The standard InChI is InChI=1S/C12H12N2O2/c1-9-2-4-10(5-3-9)8-14-7-6-13-11(14)12(15)16/h2-7H,8H2,1H3,(H,15,16). The van der Waals surface area contributed by atoms with Crippen LogP contribution in [-0.4, -0.2) is 20.6 Å². The van der Waals surface area contributed by atoms with E-state index in [1.165, 1.54) is 11.8 Å². The Morgan fingerprint density at radius 1 is 1.38 bits per heavy atom. The monoisotopic (exact) mass is 216 g/mol. The Morgan fingerprint density at radius 3 is 2.69 bits per heavy atom. The maximum atomic E-state index is 10.8. The van der Waals surface area contributed by atoms with Crippen LogP contribution in [0.5, 0.6) is 0 Å². The average molecular weight is 216 g/mol. The lowest BCUT2D eigenvalue weighted by atomic mass is 10.1. The fraction of sp³-hybridized carbons (Fsp3) is 0.167. The van der Waals surface area contributed by atoms with Crippen LogP contribution in [-0.2, 0) is 6.54 Å². The molecule has 1 heterocycles. The molecule has 0 saturated carbocycles. The van der Waals surface area contributed by atoms with Crippen molar-refractivity contribution in [2.45, 2.75) is 13.5 Å². The Morgan fingerprint density at radius 2 is 2.06 bits per heavy atom. The normalized spacial score (nSPS) is 10.3. The molecule has 0 saturated heterocycles. The predicted octanol–water partition coefficient (Wildman–Crippen LogP) is 1.94. The summed E-state index contributed by atoms with van der Waals surface area (Å²) in [5, 5.41) is 8.89. The van der Waals surface area contributed by atoms with E-state index in [1.807, 2.05) is 31.2 Å². The molecule has 2 aromatic rings. The van der Waals surface area contributed by atoms with Crippen molar-refractivity contribution in [1.29, 1.82) is 0 Å². The molecule has 0 spiro atoms. The summed E-state index contributed by atoms with van der Waals surface area (Å²) in [5.41, 5.74) is 2.25. The second-order valence-corrected chi connectivity index (χ2v) is 3.67. The smallest absolute Gasteiger partial charge is 0.372 e. The molecule has 4 heteroatoms. The molecular weight excluding hydrogens is 204 g/mol. The molecule has 0 aliphatic carbocycles. The summed E-state index contributed by atoms with van der Waals surface area (Å²) < 4.78 is 1.62. The van der Waals surface area contributed by atoms with E-state index in [0.29, 0.717) is 6.54 Å². The van der Waals surface area contributed by atoms with Crippen molar-refractivity contribution in [2.24, 2.45) is 0 Å². The molecule has 0 fully saturated rings. The number of hydrogen-bond donors (Lipinski definition) is 1. The highest BCUT2D eigenvalue weighted by Gasteiger charge is 2.10. The van der Waals surface area contributed by atoms with Crippen molar-refractivity contribution in [2.75, 3.05) is 0 Å². The fourth-order valence-corrected chi connectivity index (χ4v) is 1.53. The van der Waals surface area contributed by atoms with Gasteiger partial charge in [0.05, 0.1) is 0 Å². The summed E-state index contributed by atoms with van der Waals surface area (Å²) in [6.45, 7) is 2.55. The molecule has 16 heavy (non-hydrogen) atoms. The number of carboxylic acid groups (broad SMARTS) is 1. The van der Waals surface area contributed by atoms with Gasteiger partial charge >= 0.3 is 5.97 Å². The maximum absolute atomic E-state index is 10.8. The number of aromatic carboxylic acids is 1. The number of carbonyl (C=O) groups is 1. The SMILES string of the molecule is Cc1ccc(Cn2ccnc2C(=O)O)cc1. The van der Waals surface area contributed by atoms with E-state index in [1.54, 1.807) is 10.8 Å². The van der Waals surface area contributed by atoms with E-state index in [2.05, 4.69) is 4.98 Å². The third-order valence-electron chi connectivity index (χ3n) is 2.38. The van der Waals surface area contributed by atoms with Gasteiger partial charge in [-0.25, -0.2) is 9.78 Å². The molecule has 0 atom stereocenters. The highest BCUT2D eigenvalue weighted by molar-refractivity contribution is 5.83. The molecule has 1 N–H and O–H groups in total. The van der Waals surface area contributed by atoms with Crippen LogP contribution in [0.2, 0.25) is 0 Å². The van der Waals surface area contributed by atoms with E-state index in [0.717, 1.165) is 5.56 Å². The van der Waals surface area contributed by atoms with Crippen molar-refractivity contribution >= 4 is 5.97 Å². The summed E-state index contributed by atoms with van der Waals surface area (Å²) in [6.07, 6.45) is 3.17. The Labute approximate surface area is 93.2 Å². The maximum Gasteiger partial charge on any atom is 0.372 e. The van der Waals surface area contributed by atoms with Crippen LogP contribution in [0.3, 0.4) is 0 Å². The molecule has 0 bridgehead atoms. The average Bonchev–Trinajstić information content (AvgIpc) is 2.69. The second kappa shape index (κ2) is 4.18. The van der Waals surface area contributed by atoms with Gasteiger partial charge in [-0.1, -0.05) is 29.8 Å². The number of carboxylic acids is 1. The number of benzene rings is 1. The first-order valence-corrected chi connectivity index (χ1v) is 4.97. The van der Waals surface area contributed by atoms with Gasteiger partial charge in [0, 0.05) is 18.9 Å². The number of rotatable bonds is 3. The van der Waals surface area contributed by atoms with Gasteiger partial charge in [-0.3, -0.25) is 0 Å². The molecule has 0 aliphatic heterocycles. The Balaban J connectivity index is 2.23. The topological polar surface area (TPSA) is 55.1 Å². The van der Waals surface area contributed by atoms with Gasteiger partial charge in [0.1, 0.15) is 0 Å². The lowest BCUT2D eigenvalue weighted by Crippen LogP contribution is -2.09. The molecule has 2 rings (SSSR count). The first kappa shape index (κ1) is 10.4. The van der Waals surface area contributed by atoms with Crippen molar-refractivity contribution in [1.82, 2.24) is 9.55 Å². The van der Waals surface area contributed by atoms with E-state index in [4.69, 9.17) is 5.11 Å². The van der Waals surface area contributed by atoms with Crippen LogP contribution in [0.1, 0.15) is 21.7 Å². The van der Waals surface area contributed by atoms with Gasteiger partial charge in [0.25, 0.3) is 0 Å². The van der Waals surface area contributed by atoms with Crippen LogP contribution in [0.25, 0.3) is 0 Å². The highest BCUT2D eigenvalue weighted by Crippen LogP contribution is 2.07. The van der Waals surface area contributed by atoms with Gasteiger partial charge in [0.15, 0.2) is 0 Å². The molecule has 1 aromatic carbocycles. The van der Waals surface area contributed by atoms with Crippen molar-refractivity contribution in [3.63, 3.8) is 0 Å². The highest BCUT2D eigenvalue weighted by atomic mass is 16.4. The van der Waals surface area contributed by atoms with E-state index in [9.17, 15) is 4.79 Å². The molecule has 0 unspecified atom stereocenters. The van der Waals surface area contributed by atoms with Crippen LogP contribution < -0.4 is 0 Å². The van der Waals surface area contributed by atoms with Crippen LogP contribution >= 0.6 is 0 Å². The summed E-state index contributed by atoms with van der Waals surface area (Å²) in [4.78, 5) is 14.6. The first-order valence-electron chi connectivity index (χ1n) is 4.97. The minimum Gasteiger partial charge on any atom is -0.475 e. The van der Waals surface area contributed by atoms with Gasteiger partial charge in [-0.05, 0) is 12.5 Å². The molecule has 0 aliphatic rings. The summed E-state index contributed by atoms with van der Waals surface area (Å²) in [7, 11) is 0. The molecule has 4 nitrogen and oxygen atoms in total. The third-order valence-corrected chi connectivity index (χ3v) is 2.38. The zero-order chi connectivity index (χ0) is 11.5. The number of aromatic nitrogens is 2. The second-order valence-electron chi connectivity index (χ2n) is 3.67. The summed E-state index contributed by atoms with van der Waals surface area (Å²) in [5.74, 6) is -0.933. The van der Waals surface area contributed by atoms with Crippen molar-refractivity contribution in [3.05, 3.63) is 53.6 Å². The zero-order valence-corrected chi connectivity index (χ0v) is 8.92. The van der Waals surface area contributed by atoms with Crippen molar-refractivity contribution < 1.29 is 9.90 Å². The largest absolute Gasteiger partial charge is 0.475 e. The number of aryl methyl sites for hydroxylation is 1. The minimum absolute atomic E-state index is 0.0700. The molecule has 0 amide bonds. The quantitative estimate of drug-likeness (QED) is 0.853. The Kier molecular flexibility index (Phi) is 2.72. The number of hydrogen-bond acceptors (Lipinski definition) is 2. The molecule has 1 aromatic heterocycles. The molecular formula is C12H12N2O2. The summed E-state index contributed by atoms with van der Waals surface area (Å²) >= 11 is 0. The van der Waals surface area contributed by atoms with Crippen LogP contribution in [0, 0.1) is 6.92 Å². The predicted molar refractivity (Wildman–Crippen MR) is 59.5 cm³/mol. The Bertz CT molecular complexity index is 500. The first-order chi connectivity index (χ1) is 7.66. The molecule has 0 radical (unpaired) electrons. The van der Waals surface area contributed by atoms with Gasteiger partial charge in [-0.15, -0.1) is 0 Å².